The van der Waals surface area contributed by atoms with Gasteiger partial charge in [-0.1, -0.05) is 17.7 Å². The molecule has 28 heavy (non-hydrogen) atoms. The number of oxazole rings is 1. The average Bonchev–Trinajstić information content (AvgIpc) is 3.45. The Morgan fingerprint density at radius 2 is 1.93 bits per heavy atom. The molecule has 0 saturated carbocycles. The lowest BCUT2D eigenvalue weighted by atomic mass is 10.2. The fraction of sp³-hybridized carbons (Fsp3) is 0.143. The lowest BCUT2D eigenvalue weighted by molar-refractivity contribution is 0.271. The minimum atomic E-state index is 0.149. The topological polar surface area (TPSA) is 97.4 Å². The lowest BCUT2D eigenvalue weighted by Gasteiger charge is -2.04. The van der Waals surface area contributed by atoms with Crippen LogP contribution in [0.1, 0.15) is 22.8 Å². The highest BCUT2D eigenvalue weighted by molar-refractivity contribution is 5.54. The molecule has 0 aliphatic carbocycles. The number of hydrogen-bond acceptors (Lipinski definition) is 7. The molecule has 0 spiro atoms. The monoisotopic (exact) mass is 375 g/mol. The molecule has 0 aliphatic rings. The van der Waals surface area contributed by atoms with Gasteiger partial charge in [-0.15, -0.1) is 0 Å². The Labute approximate surface area is 161 Å². The van der Waals surface area contributed by atoms with Gasteiger partial charge in [-0.2, -0.15) is 10.2 Å². The lowest BCUT2D eigenvalue weighted by Crippen LogP contribution is -1.98. The highest BCUT2D eigenvalue weighted by atomic mass is 16.5. The summed E-state index contributed by atoms with van der Waals surface area (Å²) < 4.78 is 22.4. The van der Waals surface area contributed by atoms with Crippen molar-refractivity contribution in [1.29, 1.82) is 5.26 Å². The van der Waals surface area contributed by atoms with Crippen LogP contribution >= 0.6 is 0 Å². The van der Waals surface area contributed by atoms with Crippen molar-refractivity contribution in [1.82, 2.24) is 4.98 Å². The van der Waals surface area contributed by atoms with E-state index in [1.54, 1.807) is 24.5 Å². The van der Waals surface area contributed by atoms with Crippen molar-refractivity contribution < 1.29 is 18.0 Å². The van der Waals surface area contributed by atoms with Crippen molar-refractivity contribution in [3.63, 3.8) is 0 Å². The molecule has 7 heteroatoms. The number of aryl methyl sites for hydroxylation is 1. The molecule has 3 aromatic heterocycles. The van der Waals surface area contributed by atoms with Crippen LogP contribution in [0.5, 0.6) is 5.75 Å². The Morgan fingerprint density at radius 1 is 1.07 bits per heavy atom. The van der Waals surface area contributed by atoms with Gasteiger partial charge >= 0.3 is 0 Å². The second-order valence-electron chi connectivity index (χ2n) is 6.11. The van der Waals surface area contributed by atoms with Crippen molar-refractivity contribution in [3.8, 4) is 23.5 Å². The first kappa shape index (κ1) is 17.5. The number of benzene rings is 1. The first-order valence-electron chi connectivity index (χ1n) is 8.67. The van der Waals surface area contributed by atoms with Gasteiger partial charge in [-0.25, -0.2) is 0 Å². The molecular weight excluding hydrogens is 358 g/mol. The summed E-state index contributed by atoms with van der Waals surface area (Å²) in [6.07, 6.45) is 1.58. The molecule has 0 fully saturated rings. The largest absolute Gasteiger partial charge is 0.486 e. The number of furan rings is 2. The molecule has 1 N–H and O–H groups in total. The molecular formula is C21H17N3O4. The number of anilines is 1. The molecule has 7 nitrogen and oxygen atoms in total. The van der Waals surface area contributed by atoms with E-state index in [-0.39, 0.29) is 24.1 Å². The quantitative estimate of drug-likeness (QED) is 0.490. The summed E-state index contributed by atoms with van der Waals surface area (Å²) in [5.74, 6) is 3.01. The van der Waals surface area contributed by atoms with E-state index in [1.165, 1.54) is 5.56 Å². The number of nitrogens with zero attached hydrogens (tertiary/aromatic N) is 2. The van der Waals surface area contributed by atoms with Gasteiger partial charge < -0.3 is 23.3 Å². The van der Waals surface area contributed by atoms with Gasteiger partial charge in [0.25, 0.3) is 5.89 Å². The fourth-order valence-electron chi connectivity index (χ4n) is 2.56. The van der Waals surface area contributed by atoms with Crippen molar-refractivity contribution >= 4 is 5.88 Å². The van der Waals surface area contributed by atoms with E-state index in [1.807, 2.05) is 43.3 Å². The molecule has 4 aromatic rings. The number of ether oxygens (including phenoxy) is 1. The zero-order valence-corrected chi connectivity index (χ0v) is 15.1. The highest BCUT2D eigenvalue weighted by Gasteiger charge is 2.17. The summed E-state index contributed by atoms with van der Waals surface area (Å²) >= 11 is 0. The van der Waals surface area contributed by atoms with Crippen molar-refractivity contribution in [3.05, 3.63) is 77.6 Å². The Morgan fingerprint density at radius 3 is 2.68 bits per heavy atom. The maximum Gasteiger partial charge on any atom is 0.266 e. The maximum absolute atomic E-state index is 9.28. The Bertz CT molecular complexity index is 1090. The third-order valence-electron chi connectivity index (χ3n) is 4.01. The minimum absolute atomic E-state index is 0.149. The van der Waals surface area contributed by atoms with Crippen molar-refractivity contribution in [2.45, 2.75) is 20.1 Å². The first-order valence-corrected chi connectivity index (χ1v) is 8.67. The van der Waals surface area contributed by atoms with Crippen molar-refractivity contribution in [2.75, 3.05) is 5.32 Å². The molecule has 0 bridgehead atoms. The Balaban J connectivity index is 1.44. The molecule has 0 radical (unpaired) electrons. The van der Waals surface area contributed by atoms with Gasteiger partial charge in [0.15, 0.2) is 5.76 Å². The van der Waals surface area contributed by atoms with Crippen LogP contribution in [0.15, 0.2) is 68.0 Å². The zero-order chi connectivity index (χ0) is 19.3. The predicted octanol–water partition coefficient (Wildman–Crippen LogP) is 4.90. The maximum atomic E-state index is 9.28. The zero-order valence-electron chi connectivity index (χ0n) is 15.1. The third-order valence-corrected chi connectivity index (χ3v) is 4.01. The van der Waals surface area contributed by atoms with Crippen LogP contribution in [0.25, 0.3) is 11.7 Å². The van der Waals surface area contributed by atoms with Crippen molar-refractivity contribution in [2.24, 2.45) is 0 Å². The number of nitrogens with one attached hydrogen (secondary N) is 1. The standard InChI is InChI=1S/C21H17N3O4/c1-14-4-6-15(7-5-14)26-13-17-8-9-19(27-17)21-24-18(11-22)20(28-21)23-12-16-3-2-10-25-16/h2-10,23H,12-13H2,1H3. The molecule has 0 atom stereocenters. The van der Waals surface area contributed by atoms with E-state index in [4.69, 9.17) is 18.0 Å². The van der Waals surface area contributed by atoms with Gasteiger partial charge in [0.05, 0.1) is 12.8 Å². The van der Waals surface area contributed by atoms with Crippen LogP contribution in [0.2, 0.25) is 0 Å². The van der Waals surface area contributed by atoms with Crippen LogP contribution < -0.4 is 10.1 Å². The van der Waals surface area contributed by atoms with Gasteiger partial charge in [0.2, 0.25) is 11.6 Å². The average molecular weight is 375 g/mol. The van der Waals surface area contributed by atoms with E-state index in [2.05, 4.69) is 10.3 Å². The first-order chi connectivity index (χ1) is 13.7. The van der Waals surface area contributed by atoms with E-state index in [9.17, 15) is 5.26 Å². The predicted molar refractivity (Wildman–Crippen MR) is 100 cm³/mol. The molecule has 4 rings (SSSR count). The van der Waals surface area contributed by atoms with Crippen LogP contribution in [-0.2, 0) is 13.2 Å². The summed E-state index contributed by atoms with van der Waals surface area (Å²) in [6.45, 7) is 2.68. The number of hydrogen-bond donors (Lipinski definition) is 1. The fourth-order valence-corrected chi connectivity index (χ4v) is 2.56. The van der Waals surface area contributed by atoms with Gasteiger partial charge in [0, 0.05) is 0 Å². The van der Waals surface area contributed by atoms with Gasteiger partial charge in [-0.3, -0.25) is 0 Å². The molecule has 0 unspecified atom stereocenters. The second-order valence-corrected chi connectivity index (χ2v) is 6.11. The molecule has 0 amide bonds. The van der Waals surface area contributed by atoms with Crippen LogP contribution in [0.4, 0.5) is 5.88 Å². The van der Waals surface area contributed by atoms with Gasteiger partial charge in [0.1, 0.15) is 29.9 Å². The van der Waals surface area contributed by atoms with Crippen LogP contribution in [0.3, 0.4) is 0 Å². The van der Waals surface area contributed by atoms with Crippen LogP contribution in [-0.4, -0.2) is 4.98 Å². The summed E-state index contributed by atoms with van der Waals surface area (Å²) in [5, 5.41) is 12.3. The van der Waals surface area contributed by atoms with Gasteiger partial charge in [-0.05, 0) is 43.3 Å². The van der Waals surface area contributed by atoms with E-state index < -0.39 is 0 Å². The summed E-state index contributed by atoms with van der Waals surface area (Å²) in [6, 6.07) is 16.9. The van der Waals surface area contributed by atoms with E-state index in [0.29, 0.717) is 18.1 Å². The summed E-state index contributed by atoms with van der Waals surface area (Å²) in [5.41, 5.74) is 1.32. The Kier molecular flexibility index (Phi) is 4.85. The summed E-state index contributed by atoms with van der Waals surface area (Å²) in [7, 11) is 0. The van der Waals surface area contributed by atoms with Crippen LogP contribution in [0, 0.1) is 18.3 Å². The summed E-state index contributed by atoms with van der Waals surface area (Å²) in [4.78, 5) is 4.18. The molecule has 3 heterocycles. The minimum Gasteiger partial charge on any atom is -0.486 e. The van der Waals surface area contributed by atoms with E-state index in [0.717, 1.165) is 11.5 Å². The Hall–Kier alpha value is -3.92. The molecule has 0 aliphatic heterocycles. The SMILES string of the molecule is Cc1ccc(OCc2ccc(-c3nc(C#N)c(NCc4ccco4)o3)o2)cc1. The smallest absolute Gasteiger partial charge is 0.266 e. The number of nitriles is 1. The van der Waals surface area contributed by atoms with E-state index >= 15 is 0 Å². The second kappa shape index (κ2) is 7.76. The highest BCUT2D eigenvalue weighted by Crippen LogP contribution is 2.27. The molecule has 1 aromatic carbocycles. The third kappa shape index (κ3) is 3.91. The number of aromatic nitrogens is 1. The molecule has 140 valence electrons. The normalized spacial score (nSPS) is 10.6. The molecule has 0 saturated heterocycles. The number of rotatable bonds is 7.